The molecule has 1 aromatic heterocycles. The van der Waals surface area contributed by atoms with Crippen LogP contribution in [0.4, 0.5) is 0 Å². The van der Waals surface area contributed by atoms with Crippen LogP contribution >= 0.6 is 0 Å². The zero-order chi connectivity index (χ0) is 9.97. The van der Waals surface area contributed by atoms with Crippen molar-refractivity contribution < 1.29 is 9.53 Å². The lowest BCUT2D eigenvalue weighted by atomic mass is 10.4. The van der Waals surface area contributed by atoms with Crippen LogP contribution < -0.4 is 10.1 Å². The highest BCUT2D eigenvalue weighted by molar-refractivity contribution is 6.11. The molecule has 2 rings (SSSR count). The van der Waals surface area contributed by atoms with Crippen molar-refractivity contribution in [1.29, 1.82) is 0 Å². The third-order valence-electron chi connectivity index (χ3n) is 1.73. The topological polar surface area (TPSA) is 76.5 Å². The number of nitrogens with zero attached hydrogens (tertiary/aromatic N) is 3. The number of nitrogens with one attached hydrogen (secondary N) is 1. The number of hydrogen-bond donors (Lipinski definition) is 1. The summed E-state index contributed by atoms with van der Waals surface area (Å²) in [6.45, 7) is 0.154. The average Bonchev–Trinajstić information content (AvgIpc) is 2.65. The molecule has 0 spiro atoms. The maximum absolute atomic E-state index is 10.9. The molecule has 1 aliphatic heterocycles. The zero-order valence-electron chi connectivity index (χ0n) is 7.52. The number of methoxy groups -OCH3 is 1. The molecule has 0 unspecified atom stereocenters. The maximum Gasteiger partial charge on any atom is 0.247 e. The molecular formula is C8H8N4O2. The summed E-state index contributed by atoms with van der Waals surface area (Å²) in [5, 5.41) is 2.59. The molecule has 0 fully saturated rings. The smallest absolute Gasteiger partial charge is 0.247 e. The van der Waals surface area contributed by atoms with E-state index in [9.17, 15) is 4.79 Å². The first-order valence-electron chi connectivity index (χ1n) is 4.00. The lowest BCUT2D eigenvalue weighted by molar-refractivity contribution is -0.117. The second kappa shape index (κ2) is 3.41. The molecule has 0 aliphatic carbocycles. The normalized spacial score (nSPS) is 14.9. The minimum Gasteiger partial charge on any atom is -0.481 e. The number of carbonyl (C=O) groups is 1. The maximum atomic E-state index is 10.9. The molecule has 0 saturated heterocycles. The van der Waals surface area contributed by atoms with Gasteiger partial charge in [-0.3, -0.25) is 9.79 Å². The summed E-state index contributed by atoms with van der Waals surface area (Å²) in [4.78, 5) is 22.7. The highest BCUT2D eigenvalue weighted by Crippen LogP contribution is 2.07. The van der Waals surface area contributed by atoms with Gasteiger partial charge in [0, 0.05) is 6.07 Å². The van der Waals surface area contributed by atoms with Crippen LogP contribution in [0.25, 0.3) is 0 Å². The van der Waals surface area contributed by atoms with Gasteiger partial charge in [0.2, 0.25) is 11.8 Å². The lowest BCUT2D eigenvalue weighted by Crippen LogP contribution is -2.26. The van der Waals surface area contributed by atoms with E-state index in [0.29, 0.717) is 17.4 Å². The van der Waals surface area contributed by atoms with E-state index < -0.39 is 0 Å². The monoisotopic (exact) mass is 192 g/mol. The van der Waals surface area contributed by atoms with Crippen LogP contribution in [0.1, 0.15) is 5.69 Å². The SMILES string of the molecule is COc1cc(C2=NCC(=O)N2)ncn1. The molecule has 1 N–H and O–H groups in total. The van der Waals surface area contributed by atoms with E-state index in [2.05, 4.69) is 20.3 Å². The summed E-state index contributed by atoms with van der Waals surface area (Å²) in [5.41, 5.74) is 0.558. The molecule has 0 bridgehead atoms. The molecular weight excluding hydrogens is 184 g/mol. The highest BCUT2D eigenvalue weighted by Gasteiger charge is 2.16. The Hall–Kier alpha value is -1.98. The fourth-order valence-corrected chi connectivity index (χ4v) is 1.09. The van der Waals surface area contributed by atoms with E-state index in [0.717, 1.165) is 0 Å². The van der Waals surface area contributed by atoms with Crippen LogP contribution in [-0.2, 0) is 4.79 Å². The van der Waals surface area contributed by atoms with Crippen molar-refractivity contribution in [2.45, 2.75) is 0 Å². The van der Waals surface area contributed by atoms with Crippen molar-refractivity contribution in [3.8, 4) is 5.88 Å². The van der Waals surface area contributed by atoms with Gasteiger partial charge in [-0.05, 0) is 0 Å². The van der Waals surface area contributed by atoms with Crippen LogP contribution in [0.2, 0.25) is 0 Å². The van der Waals surface area contributed by atoms with E-state index in [4.69, 9.17) is 4.74 Å². The molecule has 1 aromatic rings. The fourth-order valence-electron chi connectivity index (χ4n) is 1.09. The number of aliphatic imine (C=N–C) groups is 1. The molecule has 0 saturated carbocycles. The van der Waals surface area contributed by atoms with Crippen molar-refractivity contribution in [2.24, 2.45) is 4.99 Å². The van der Waals surface area contributed by atoms with Gasteiger partial charge in [0.15, 0.2) is 5.84 Å². The van der Waals surface area contributed by atoms with Gasteiger partial charge in [0.25, 0.3) is 0 Å². The lowest BCUT2D eigenvalue weighted by Gasteiger charge is -2.01. The van der Waals surface area contributed by atoms with Gasteiger partial charge >= 0.3 is 0 Å². The van der Waals surface area contributed by atoms with E-state index in [-0.39, 0.29) is 12.5 Å². The van der Waals surface area contributed by atoms with E-state index in [1.165, 1.54) is 13.4 Å². The molecule has 6 nitrogen and oxygen atoms in total. The Morgan fingerprint density at radius 3 is 3.00 bits per heavy atom. The Bertz CT molecular complexity index is 402. The van der Waals surface area contributed by atoms with Crippen LogP contribution in [-0.4, -0.2) is 35.4 Å². The van der Waals surface area contributed by atoms with E-state index in [1.807, 2.05) is 0 Å². The Morgan fingerprint density at radius 2 is 2.36 bits per heavy atom. The molecule has 72 valence electrons. The van der Waals surface area contributed by atoms with Crippen molar-refractivity contribution >= 4 is 11.7 Å². The predicted molar refractivity (Wildman–Crippen MR) is 48.1 cm³/mol. The summed E-state index contributed by atoms with van der Waals surface area (Å²) < 4.78 is 4.92. The second-order valence-corrected chi connectivity index (χ2v) is 2.66. The molecule has 2 heterocycles. The van der Waals surface area contributed by atoms with Crippen LogP contribution in [0.5, 0.6) is 5.88 Å². The molecule has 1 aliphatic rings. The minimum absolute atomic E-state index is 0.127. The van der Waals surface area contributed by atoms with Crippen LogP contribution in [0.15, 0.2) is 17.4 Å². The third-order valence-corrected chi connectivity index (χ3v) is 1.73. The van der Waals surface area contributed by atoms with Gasteiger partial charge in [-0.2, -0.15) is 0 Å². The molecule has 14 heavy (non-hydrogen) atoms. The first kappa shape index (κ1) is 8.61. The van der Waals surface area contributed by atoms with Crippen LogP contribution in [0, 0.1) is 0 Å². The second-order valence-electron chi connectivity index (χ2n) is 2.66. The van der Waals surface area contributed by atoms with Crippen molar-refractivity contribution in [2.75, 3.05) is 13.7 Å². The largest absolute Gasteiger partial charge is 0.481 e. The van der Waals surface area contributed by atoms with Gasteiger partial charge < -0.3 is 10.1 Å². The number of amidine groups is 1. The number of rotatable bonds is 2. The Balaban J connectivity index is 2.28. The third kappa shape index (κ3) is 1.54. The first-order valence-corrected chi connectivity index (χ1v) is 4.00. The van der Waals surface area contributed by atoms with Gasteiger partial charge in [0.1, 0.15) is 18.6 Å². The zero-order valence-corrected chi connectivity index (χ0v) is 7.52. The van der Waals surface area contributed by atoms with Gasteiger partial charge in [-0.15, -0.1) is 0 Å². The Morgan fingerprint density at radius 1 is 1.50 bits per heavy atom. The van der Waals surface area contributed by atoms with E-state index in [1.54, 1.807) is 6.07 Å². The number of aromatic nitrogens is 2. The highest BCUT2D eigenvalue weighted by atomic mass is 16.5. The Labute approximate surface area is 80.0 Å². The number of carbonyl (C=O) groups excluding carboxylic acids is 1. The summed E-state index contributed by atoms with van der Waals surface area (Å²) in [6, 6.07) is 1.62. The van der Waals surface area contributed by atoms with Gasteiger partial charge in [0.05, 0.1) is 7.11 Å². The minimum atomic E-state index is -0.127. The predicted octanol–water partition coefficient (Wildman–Crippen LogP) is -0.638. The van der Waals surface area contributed by atoms with Gasteiger partial charge in [-0.1, -0.05) is 0 Å². The number of ether oxygens (including phenoxy) is 1. The van der Waals surface area contributed by atoms with E-state index >= 15 is 0 Å². The number of hydrogen-bond acceptors (Lipinski definition) is 5. The fraction of sp³-hybridized carbons (Fsp3) is 0.250. The van der Waals surface area contributed by atoms with Crippen molar-refractivity contribution in [1.82, 2.24) is 15.3 Å². The molecule has 0 radical (unpaired) electrons. The molecule has 0 aromatic carbocycles. The summed E-state index contributed by atoms with van der Waals surface area (Å²) in [5.74, 6) is 0.784. The average molecular weight is 192 g/mol. The standard InChI is InChI=1S/C8H8N4O2/c1-14-7-2-5(10-4-11-7)8-9-3-6(13)12-8/h2,4H,3H2,1H3,(H,9,12,13). The summed E-state index contributed by atoms with van der Waals surface area (Å²) in [6.07, 6.45) is 1.36. The Kier molecular flexibility index (Phi) is 2.10. The summed E-state index contributed by atoms with van der Waals surface area (Å²) >= 11 is 0. The molecule has 0 atom stereocenters. The van der Waals surface area contributed by atoms with Crippen molar-refractivity contribution in [3.63, 3.8) is 0 Å². The quantitative estimate of drug-likeness (QED) is 0.676. The van der Waals surface area contributed by atoms with Crippen LogP contribution in [0.3, 0.4) is 0 Å². The molecule has 1 amide bonds. The summed E-state index contributed by atoms with van der Waals surface area (Å²) in [7, 11) is 1.52. The first-order chi connectivity index (χ1) is 6.79. The molecule has 6 heteroatoms. The van der Waals surface area contributed by atoms with Crippen molar-refractivity contribution in [3.05, 3.63) is 18.1 Å². The number of amides is 1. The van der Waals surface area contributed by atoms with Gasteiger partial charge in [-0.25, -0.2) is 9.97 Å².